The minimum atomic E-state index is 0. The Bertz CT molecular complexity index is 521. The first-order valence-corrected chi connectivity index (χ1v) is 10.1. The fraction of sp³-hybridized carbons (Fsp3) is 0.667. The molecule has 1 aliphatic rings. The Morgan fingerprint density at radius 3 is 2.36 bits per heavy atom. The molecule has 1 saturated carbocycles. The lowest BCUT2D eigenvalue weighted by atomic mass is 9.95. The zero-order valence-corrected chi connectivity index (χ0v) is 16.4. The molecule has 0 radical (unpaired) electrons. The summed E-state index contributed by atoms with van der Waals surface area (Å²) in [5.74, 6) is 0. The van der Waals surface area contributed by atoms with Crippen LogP contribution in [0.2, 0.25) is 0 Å². The molecule has 1 aromatic rings. The third-order valence-electron chi connectivity index (χ3n) is 4.79. The summed E-state index contributed by atoms with van der Waals surface area (Å²) in [5, 5.41) is 3.03. The summed E-state index contributed by atoms with van der Waals surface area (Å²) in [6.45, 7) is 6.80. The fourth-order valence-corrected chi connectivity index (χ4v) is 4.64. The molecule has 4 heteroatoms. The number of nitrogens with one attached hydrogen (secondary N) is 1. The number of benzene rings is 1. The number of amides is 2. The van der Waals surface area contributed by atoms with E-state index in [0.717, 1.165) is 18.5 Å². The largest absolute Gasteiger partial charge is 0.325 e. The quantitative estimate of drug-likeness (QED) is 0.564. The zero-order valence-electron chi connectivity index (χ0n) is 15.6. The number of anilines is 1. The zero-order chi connectivity index (χ0) is 17.6. The van der Waals surface area contributed by atoms with Crippen LogP contribution in [0.3, 0.4) is 0 Å². The Kier molecular flexibility index (Phi) is 8.84. The van der Waals surface area contributed by atoms with Crippen LogP contribution in [0.15, 0.2) is 29.2 Å². The maximum absolute atomic E-state index is 12.4. The van der Waals surface area contributed by atoms with Crippen molar-refractivity contribution in [3.05, 3.63) is 24.3 Å². The maximum Gasteiger partial charge on any atom is 0.321 e. The van der Waals surface area contributed by atoms with Gasteiger partial charge in [0.15, 0.2) is 0 Å². The third kappa shape index (κ3) is 6.93. The van der Waals surface area contributed by atoms with Crippen LogP contribution in [0.1, 0.15) is 73.1 Å². The summed E-state index contributed by atoms with van der Waals surface area (Å²) in [7, 11) is 1.92. The molecule has 0 unspecified atom stereocenters. The van der Waals surface area contributed by atoms with Crippen molar-refractivity contribution < 1.29 is 4.79 Å². The standard InChI is InChI=1S/C20H32N2OS.CH4/c1-5-15-20(2,3)24-18-13-11-16(12-14-18)21-19(23)22(4)17-9-7-6-8-10-17;/h11-14,17H,5-10,15H2,1-4H3,(H,21,23);1H4. The number of hydrogen-bond donors (Lipinski definition) is 1. The van der Waals surface area contributed by atoms with Gasteiger partial charge in [0.1, 0.15) is 0 Å². The van der Waals surface area contributed by atoms with E-state index in [0.29, 0.717) is 6.04 Å². The first-order valence-electron chi connectivity index (χ1n) is 9.24. The Labute approximate surface area is 158 Å². The Balaban J connectivity index is 0.00000312. The van der Waals surface area contributed by atoms with Gasteiger partial charge in [-0.1, -0.05) is 53.9 Å². The van der Waals surface area contributed by atoms with Gasteiger partial charge in [-0.15, -0.1) is 11.8 Å². The average molecular weight is 365 g/mol. The van der Waals surface area contributed by atoms with Gasteiger partial charge in [0, 0.05) is 28.4 Å². The van der Waals surface area contributed by atoms with E-state index in [-0.39, 0.29) is 18.2 Å². The number of hydrogen-bond acceptors (Lipinski definition) is 2. The van der Waals surface area contributed by atoms with Crippen molar-refractivity contribution in [2.75, 3.05) is 12.4 Å². The summed E-state index contributed by atoms with van der Waals surface area (Å²) >= 11 is 1.90. The third-order valence-corrected chi connectivity index (χ3v) is 6.06. The predicted octanol–water partition coefficient (Wildman–Crippen LogP) is 6.79. The lowest BCUT2D eigenvalue weighted by Crippen LogP contribution is -2.40. The van der Waals surface area contributed by atoms with Gasteiger partial charge < -0.3 is 10.2 Å². The molecule has 2 amide bonds. The lowest BCUT2D eigenvalue weighted by molar-refractivity contribution is 0.186. The number of carbonyl (C=O) groups excluding carboxylic acids is 1. The fourth-order valence-electron chi connectivity index (χ4n) is 3.42. The first kappa shape index (κ1) is 21.9. The summed E-state index contributed by atoms with van der Waals surface area (Å²) in [6.07, 6.45) is 8.44. The van der Waals surface area contributed by atoms with Crippen LogP contribution in [0.5, 0.6) is 0 Å². The van der Waals surface area contributed by atoms with E-state index < -0.39 is 0 Å². The van der Waals surface area contributed by atoms with Gasteiger partial charge in [0.2, 0.25) is 0 Å². The van der Waals surface area contributed by atoms with Crippen LogP contribution < -0.4 is 5.32 Å². The molecule has 0 bridgehead atoms. The number of thioether (sulfide) groups is 1. The molecule has 0 saturated heterocycles. The second-order valence-electron chi connectivity index (χ2n) is 7.47. The van der Waals surface area contributed by atoms with Gasteiger partial charge in [-0.05, 0) is 43.5 Å². The molecule has 2 rings (SSSR count). The number of urea groups is 1. The molecular weight excluding hydrogens is 328 g/mol. The monoisotopic (exact) mass is 364 g/mol. The van der Waals surface area contributed by atoms with Crippen molar-refractivity contribution in [2.45, 2.75) is 88.8 Å². The van der Waals surface area contributed by atoms with Crippen LogP contribution in [0.25, 0.3) is 0 Å². The lowest BCUT2D eigenvalue weighted by Gasteiger charge is -2.31. The van der Waals surface area contributed by atoms with Crippen molar-refractivity contribution in [2.24, 2.45) is 0 Å². The van der Waals surface area contributed by atoms with E-state index in [1.54, 1.807) is 0 Å². The summed E-state index contributed by atoms with van der Waals surface area (Å²) < 4.78 is 0.251. The summed E-state index contributed by atoms with van der Waals surface area (Å²) in [6, 6.07) is 8.64. The Morgan fingerprint density at radius 2 is 1.80 bits per heavy atom. The SMILES string of the molecule is C.CCCC(C)(C)Sc1ccc(NC(=O)N(C)C2CCCCC2)cc1. The van der Waals surface area contributed by atoms with E-state index in [1.165, 1.54) is 37.0 Å². The molecular formula is C21H36N2OS. The van der Waals surface area contributed by atoms with Crippen LogP contribution in [0, 0.1) is 0 Å². The van der Waals surface area contributed by atoms with Crippen LogP contribution in [0.4, 0.5) is 10.5 Å². The van der Waals surface area contributed by atoms with E-state index in [4.69, 9.17) is 0 Å². The minimum absolute atomic E-state index is 0. The smallest absolute Gasteiger partial charge is 0.321 e. The van der Waals surface area contributed by atoms with Crippen molar-refractivity contribution in [3.8, 4) is 0 Å². The molecule has 1 aromatic carbocycles. The topological polar surface area (TPSA) is 32.3 Å². The highest BCUT2D eigenvalue weighted by Crippen LogP contribution is 2.36. The van der Waals surface area contributed by atoms with Gasteiger partial charge in [0.25, 0.3) is 0 Å². The average Bonchev–Trinajstić information content (AvgIpc) is 2.56. The Hall–Kier alpha value is -1.16. The first-order chi connectivity index (χ1) is 11.4. The van der Waals surface area contributed by atoms with E-state index in [1.807, 2.05) is 35.8 Å². The van der Waals surface area contributed by atoms with Crippen molar-refractivity contribution in [3.63, 3.8) is 0 Å². The number of carbonyl (C=O) groups is 1. The van der Waals surface area contributed by atoms with Crippen LogP contribution in [-0.4, -0.2) is 28.8 Å². The molecule has 25 heavy (non-hydrogen) atoms. The normalized spacial score (nSPS) is 15.4. The van der Waals surface area contributed by atoms with Gasteiger partial charge in [-0.2, -0.15) is 0 Å². The predicted molar refractivity (Wildman–Crippen MR) is 112 cm³/mol. The van der Waals surface area contributed by atoms with E-state index in [9.17, 15) is 4.79 Å². The van der Waals surface area contributed by atoms with Crippen LogP contribution >= 0.6 is 11.8 Å². The molecule has 0 heterocycles. The molecule has 0 aromatic heterocycles. The van der Waals surface area contributed by atoms with Gasteiger partial charge in [-0.25, -0.2) is 4.79 Å². The molecule has 0 aliphatic heterocycles. The van der Waals surface area contributed by atoms with Crippen molar-refractivity contribution in [1.29, 1.82) is 0 Å². The van der Waals surface area contributed by atoms with Gasteiger partial charge in [-0.3, -0.25) is 0 Å². The minimum Gasteiger partial charge on any atom is -0.325 e. The molecule has 1 fully saturated rings. The highest BCUT2D eigenvalue weighted by molar-refractivity contribution is 8.00. The maximum atomic E-state index is 12.4. The van der Waals surface area contributed by atoms with Gasteiger partial charge in [0.05, 0.1) is 0 Å². The molecule has 142 valence electrons. The Morgan fingerprint density at radius 1 is 1.20 bits per heavy atom. The molecule has 0 spiro atoms. The van der Waals surface area contributed by atoms with Crippen molar-refractivity contribution >= 4 is 23.5 Å². The van der Waals surface area contributed by atoms with E-state index in [2.05, 4.69) is 38.2 Å². The second kappa shape index (κ2) is 10.1. The van der Waals surface area contributed by atoms with Crippen LogP contribution in [-0.2, 0) is 0 Å². The second-order valence-corrected chi connectivity index (χ2v) is 9.25. The molecule has 1 aliphatic carbocycles. The van der Waals surface area contributed by atoms with Gasteiger partial charge >= 0.3 is 6.03 Å². The summed E-state index contributed by atoms with van der Waals surface area (Å²) in [5.41, 5.74) is 0.875. The molecule has 3 nitrogen and oxygen atoms in total. The molecule has 0 atom stereocenters. The summed E-state index contributed by atoms with van der Waals surface area (Å²) in [4.78, 5) is 15.6. The number of nitrogens with zero attached hydrogens (tertiary/aromatic N) is 1. The highest BCUT2D eigenvalue weighted by atomic mass is 32.2. The van der Waals surface area contributed by atoms with Crippen molar-refractivity contribution in [1.82, 2.24) is 4.90 Å². The molecule has 1 N–H and O–H groups in total. The van der Waals surface area contributed by atoms with E-state index >= 15 is 0 Å². The highest BCUT2D eigenvalue weighted by Gasteiger charge is 2.22. The number of rotatable bonds is 6.